The molecule has 2 rings (SSSR count). The van der Waals surface area contributed by atoms with Crippen molar-refractivity contribution in [3.63, 3.8) is 0 Å². The van der Waals surface area contributed by atoms with Crippen molar-refractivity contribution in [2.75, 3.05) is 0 Å². The molecule has 11 heavy (non-hydrogen) atoms. The van der Waals surface area contributed by atoms with Gasteiger partial charge in [0.15, 0.2) is 0 Å². The minimum absolute atomic E-state index is 1.20. The maximum absolute atomic E-state index is 3.05. The number of benzene rings is 1. The third-order valence-corrected chi connectivity index (χ3v) is 1.64. The van der Waals surface area contributed by atoms with E-state index < -0.39 is 0 Å². The monoisotopic (exact) mass is 142 g/mol. The quantitative estimate of drug-likeness (QED) is 0.542. The third kappa shape index (κ3) is 1.17. The molecule has 53 valence electrons. The summed E-state index contributed by atoms with van der Waals surface area (Å²) < 4.78 is 0. The van der Waals surface area contributed by atoms with Gasteiger partial charge < -0.3 is 5.32 Å². The van der Waals surface area contributed by atoms with Crippen molar-refractivity contribution >= 4 is 12.3 Å². The van der Waals surface area contributed by atoms with Gasteiger partial charge >= 0.3 is 0 Å². The topological polar surface area (TPSA) is 12.0 Å². The highest BCUT2D eigenvalue weighted by Crippen LogP contribution is 1.76. The first-order chi connectivity index (χ1) is 5.47. The summed E-state index contributed by atoms with van der Waals surface area (Å²) in [6.45, 7) is 0. The van der Waals surface area contributed by atoms with Gasteiger partial charge in [-0.15, -0.1) is 0 Å². The van der Waals surface area contributed by atoms with Crippen LogP contribution in [0.3, 0.4) is 0 Å². The summed E-state index contributed by atoms with van der Waals surface area (Å²) in [5.41, 5.74) is 0. The van der Waals surface area contributed by atoms with E-state index in [9.17, 15) is 0 Å². The van der Waals surface area contributed by atoms with E-state index in [1.165, 1.54) is 10.4 Å². The lowest BCUT2D eigenvalue weighted by Gasteiger charge is -1.86. The van der Waals surface area contributed by atoms with Gasteiger partial charge in [-0.05, 0) is 28.6 Å². The Balaban J connectivity index is 2.81. The molecule has 1 N–H and O–H groups in total. The van der Waals surface area contributed by atoms with E-state index in [1.54, 1.807) is 0 Å². The fraction of sp³-hybridized carbons (Fsp3) is 0. The van der Waals surface area contributed by atoms with Gasteiger partial charge in [0, 0.05) is 12.4 Å². The van der Waals surface area contributed by atoms with Crippen molar-refractivity contribution in [2.24, 2.45) is 0 Å². The van der Waals surface area contributed by atoms with E-state index in [0.717, 1.165) is 0 Å². The molecule has 1 heteroatoms. The minimum atomic E-state index is 1.20. The SMILES string of the molecule is [c]1ccc2c(c1)=CC=CNC=2. The average molecular weight is 142 g/mol. The zero-order valence-electron chi connectivity index (χ0n) is 6.04. The molecule has 0 fully saturated rings. The number of hydrogen-bond acceptors (Lipinski definition) is 1. The molecule has 1 radical (unpaired) electrons. The number of rotatable bonds is 0. The highest BCUT2D eigenvalue weighted by Gasteiger charge is 1.83. The van der Waals surface area contributed by atoms with Crippen LogP contribution in [0.25, 0.3) is 12.3 Å². The second kappa shape index (κ2) is 2.62. The molecular weight excluding hydrogens is 134 g/mol. The summed E-state index contributed by atoms with van der Waals surface area (Å²) in [5, 5.41) is 5.46. The van der Waals surface area contributed by atoms with Crippen LogP contribution in [0.1, 0.15) is 0 Å². The van der Waals surface area contributed by atoms with Crippen LogP contribution in [0.5, 0.6) is 0 Å². The van der Waals surface area contributed by atoms with Crippen LogP contribution in [0.4, 0.5) is 0 Å². The first-order valence-corrected chi connectivity index (χ1v) is 3.56. The standard InChI is InChI=1S/C10H8N/c1-2-5-10-8-11-7-3-6-9(10)4-1/h2-8,11H. The van der Waals surface area contributed by atoms with Crippen LogP contribution in [0.15, 0.2) is 30.5 Å². The molecule has 0 spiro atoms. The van der Waals surface area contributed by atoms with E-state index >= 15 is 0 Å². The van der Waals surface area contributed by atoms with Crippen LogP contribution < -0.4 is 15.8 Å². The molecule has 1 aliphatic rings. The van der Waals surface area contributed by atoms with Crippen molar-refractivity contribution in [1.82, 2.24) is 5.32 Å². The lowest BCUT2D eigenvalue weighted by molar-refractivity contribution is 1.28. The molecular formula is C10H8N. The molecule has 1 aromatic rings. The molecule has 1 aromatic carbocycles. The highest BCUT2D eigenvalue weighted by molar-refractivity contribution is 5.42. The normalized spacial score (nSPS) is 13.5. The van der Waals surface area contributed by atoms with Crippen molar-refractivity contribution in [3.8, 4) is 0 Å². The minimum Gasteiger partial charge on any atom is -0.367 e. The number of allylic oxidation sites excluding steroid dienone is 1. The van der Waals surface area contributed by atoms with Gasteiger partial charge in [-0.3, -0.25) is 0 Å². The number of fused-ring (bicyclic) bond motifs is 1. The molecule has 0 atom stereocenters. The largest absolute Gasteiger partial charge is 0.367 e. The molecule has 1 heterocycles. The van der Waals surface area contributed by atoms with Gasteiger partial charge in [-0.25, -0.2) is 0 Å². The highest BCUT2D eigenvalue weighted by atomic mass is 14.8. The summed E-state index contributed by atoms with van der Waals surface area (Å²) in [6.07, 6.45) is 7.92. The van der Waals surface area contributed by atoms with E-state index in [-0.39, 0.29) is 0 Å². The summed E-state index contributed by atoms with van der Waals surface area (Å²) >= 11 is 0. The first-order valence-electron chi connectivity index (χ1n) is 3.56. The molecule has 0 aliphatic carbocycles. The summed E-state index contributed by atoms with van der Waals surface area (Å²) in [5.74, 6) is 0. The molecule has 0 saturated heterocycles. The predicted molar refractivity (Wildman–Crippen MR) is 45.7 cm³/mol. The van der Waals surface area contributed by atoms with E-state index in [1.807, 2.05) is 36.7 Å². The molecule has 0 bridgehead atoms. The summed E-state index contributed by atoms with van der Waals surface area (Å²) in [6, 6.07) is 8.96. The first kappa shape index (κ1) is 6.23. The van der Waals surface area contributed by atoms with E-state index in [0.29, 0.717) is 0 Å². The second-order valence-electron chi connectivity index (χ2n) is 2.39. The van der Waals surface area contributed by atoms with Crippen molar-refractivity contribution in [1.29, 1.82) is 0 Å². The Morgan fingerprint density at radius 2 is 2.27 bits per heavy atom. The Bertz CT molecular complexity index is 388. The van der Waals surface area contributed by atoms with Crippen LogP contribution in [0, 0.1) is 6.07 Å². The van der Waals surface area contributed by atoms with Gasteiger partial charge in [-0.1, -0.05) is 18.2 Å². The zero-order chi connectivity index (χ0) is 7.52. The summed E-state index contributed by atoms with van der Waals surface area (Å²) in [4.78, 5) is 0. The van der Waals surface area contributed by atoms with Gasteiger partial charge in [0.1, 0.15) is 0 Å². The maximum Gasteiger partial charge on any atom is 0.00836 e. The van der Waals surface area contributed by atoms with Gasteiger partial charge in [0.25, 0.3) is 0 Å². The average Bonchev–Trinajstić information content (AvgIpc) is 2.28. The number of hydrogen-bond donors (Lipinski definition) is 1. The smallest absolute Gasteiger partial charge is 0.00836 e. The lowest BCUT2D eigenvalue weighted by Crippen LogP contribution is -2.24. The van der Waals surface area contributed by atoms with Crippen LogP contribution in [0.2, 0.25) is 0 Å². The van der Waals surface area contributed by atoms with Crippen molar-refractivity contribution in [3.05, 3.63) is 47.0 Å². The molecule has 1 aliphatic heterocycles. The fourth-order valence-corrected chi connectivity index (χ4v) is 1.08. The van der Waals surface area contributed by atoms with Crippen LogP contribution >= 0.6 is 0 Å². The third-order valence-electron chi connectivity index (χ3n) is 1.64. The summed E-state index contributed by atoms with van der Waals surface area (Å²) in [7, 11) is 0. The second-order valence-corrected chi connectivity index (χ2v) is 2.39. The Morgan fingerprint density at radius 1 is 1.27 bits per heavy atom. The molecule has 0 amide bonds. The fourth-order valence-electron chi connectivity index (χ4n) is 1.08. The molecule has 0 saturated carbocycles. The lowest BCUT2D eigenvalue weighted by atomic mass is 10.2. The Kier molecular flexibility index (Phi) is 1.48. The maximum atomic E-state index is 3.05. The van der Waals surface area contributed by atoms with Crippen LogP contribution in [-0.4, -0.2) is 0 Å². The number of nitrogens with one attached hydrogen (secondary N) is 1. The zero-order valence-corrected chi connectivity index (χ0v) is 6.04. The molecule has 0 unspecified atom stereocenters. The van der Waals surface area contributed by atoms with Crippen LogP contribution in [-0.2, 0) is 0 Å². The van der Waals surface area contributed by atoms with E-state index in [2.05, 4.69) is 17.5 Å². The Hall–Kier alpha value is -1.50. The van der Waals surface area contributed by atoms with Gasteiger partial charge in [0.05, 0.1) is 0 Å². The van der Waals surface area contributed by atoms with Gasteiger partial charge in [-0.2, -0.15) is 0 Å². The van der Waals surface area contributed by atoms with Crippen molar-refractivity contribution in [2.45, 2.75) is 0 Å². The van der Waals surface area contributed by atoms with E-state index in [4.69, 9.17) is 0 Å². The molecule has 0 aromatic heterocycles. The molecule has 1 nitrogen and oxygen atoms in total. The predicted octanol–water partition coefficient (Wildman–Crippen LogP) is 0.122. The van der Waals surface area contributed by atoms with Crippen molar-refractivity contribution < 1.29 is 0 Å². The Morgan fingerprint density at radius 3 is 3.27 bits per heavy atom. The van der Waals surface area contributed by atoms with Gasteiger partial charge in [0.2, 0.25) is 0 Å². The Labute approximate surface area is 65.4 Å².